The predicted molar refractivity (Wildman–Crippen MR) is 63.1 cm³/mol. The average Bonchev–Trinajstić information content (AvgIpc) is 2.25. The molecule has 0 fully saturated rings. The van der Waals surface area contributed by atoms with E-state index in [4.69, 9.17) is 0 Å². The number of hydrogen-bond acceptors (Lipinski definition) is 1. The van der Waals surface area contributed by atoms with Crippen molar-refractivity contribution in [2.24, 2.45) is 4.99 Å². The molecule has 0 unspecified atom stereocenters. The largest absolute Gasteiger partial charge is 0.416 e. The molecule has 0 N–H and O–H groups in total. The van der Waals surface area contributed by atoms with Crippen molar-refractivity contribution < 1.29 is 13.2 Å². The highest BCUT2D eigenvalue weighted by molar-refractivity contribution is 5.99. The van der Waals surface area contributed by atoms with Crippen molar-refractivity contribution in [3.8, 4) is 0 Å². The van der Waals surface area contributed by atoms with Gasteiger partial charge in [0, 0.05) is 11.9 Å². The Hall–Kier alpha value is -1.58. The lowest BCUT2D eigenvalue weighted by molar-refractivity contribution is -0.137. The Morgan fingerprint density at radius 3 is 2.00 bits per heavy atom. The molecule has 92 valence electrons. The maximum Gasteiger partial charge on any atom is 0.416 e. The smallest absolute Gasteiger partial charge is 0.261 e. The minimum Gasteiger partial charge on any atom is -0.261 e. The summed E-state index contributed by atoms with van der Waals surface area (Å²) in [5.74, 6) is 0. The zero-order valence-electron chi connectivity index (χ0n) is 9.97. The fourth-order valence-electron chi connectivity index (χ4n) is 1.20. The number of aliphatic imine (C=N–C) groups is 1. The molecule has 0 aliphatic carbocycles. The van der Waals surface area contributed by atoms with E-state index in [1.54, 1.807) is 13.1 Å². The van der Waals surface area contributed by atoms with Crippen LogP contribution in [-0.2, 0) is 6.18 Å². The molecule has 17 heavy (non-hydrogen) atoms. The molecule has 0 heterocycles. The summed E-state index contributed by atoms with van der Waals surface area (Å²) in [6, 6.07) is 4.99. The molecule has 1 aromatic rings. The predicted octanol–water partition coefficient (Wildman–Crippen LogP) is 4.44. The van der Waals surface area contributed by atoms with E-state index >= 15 is 0 Å². The highest BCUT2D eigenvalue weighted by Crippen LogP contribution is 2.29. The number of rotatable bonds is 2. The van der Waals surface area contributed by atoms with Crippen molar-refractivity contribution in [3.05, 3.63) is 47.2 Å². The monoisotopic (exact) mass is 241 g/mol. The molecule has 0 atom stereocenters. The number of benzene rings is 1. The van der Waals surface area contributed by atoms with Crippen LogP contribution in [0.3, 0.4) is 0 Å². The molecule has 0 saturated heterocycles. The summed E-state index contributed by atoms with van der Waals surface area (Å²) in [6.45, 7) is 5.58. The van der Waals surface area contributed by atoms with Crippen LogP contribution >= 0.6 is 0 Å². The molecule has 0 aromatic heterocycles. The molecule has 0 aliphatic rings. The molecule has 4 heteroatoms. The number of nitrogens with zero attached hydrogens (tertiary/aromatic N) is 1. The highest BCUT2D eigenvalue weighted by Gasteiger charge is 2.29. The maximum absolute atomic E-state index is 12.3. The van der Waals surface area contributed by atoms with E-state index < -0.39 is 11.7 Å². The fraction of sp³-hybridized carbons (Fsp3) is 0.308. The van der Waals surface area contributed by atoms with E-state index in [-0.39, 0.29) is 0 Å². The van der Waals surface area contributed by atoms with Crippen LogP contribution < -0.4 is 0 Å². The average molecular weight is 241 g/mol. The van der Waals surface area contributed by atoms with Crippen LogP contribution in [0.5, 0.6) is 0 Å². The molecule has 0 spiro atoms. The minimum absolute atomic E-state index is 0.642. The first-order valence-corrected chi connectivity index (χ1v) is 5.16. The molecule has 0 saturated carbocycles. The van der Waals surface area contributed by atoms with Gasteiger partial charge in [-0.15, -0.1) is 0 Å². The van der Waals surface area contributed by atoms with E-state index in [2.05, 4.69) is 4.99 Å². The second kappa shape index (κ2) is 5.17. The molecule has 1 nitrogen and oxygen atoms in total. The van der Waals surface area contributed by atoms with Gasteiger partial charge in [0.2, 0.25) is 0 Å². The Bertz CT molecular complexity index is 435. The van der Waals surface area contributed by atoms with Gasteiger partial charge >= 0.3 is 6.18 Å². The van der Waals surface area contributed by atoms with Crippen molar-refractivity contribution >= 4 is 5.71 Å². The SMILES string of the molecule is CC(C)=C/N=C(\C)c1ccc(C(F)(F)F)cc1. The summed E-state index contributed by atoms with van der Waals surface area (Å²) in [5.41, 5.74) is 1.78. The Kier molecular flexibility index (Phi) is 4.10. The lowest BCUT2D eigenvalue weighted by Gasteiger charge is -2.07. The van der Waals surface area contributed by atoms with Gasteiger partial charge in [0.1, 0.15) is 0 Å². The molecule has 0 amide bonds. The normalized spacial score (nSPS) is 12.5. The fourth-order valence-corrected chi connectivity index (χ4v) is 1.20. The molecule has 1 rings (SSSR count). The maximum atomic E-state index is 12.3. The van der Waals surface area contributed by atoms with E-state index in [1.165, 1.54) is 12.1 Å². The Morgan fingerprint density at radius 2 is 1.59 bits per heavy atom. The van der Waals surface area contributed by atoms with Crippen LogP contribution in [0.1, 0.15) is 31.9 Å². The first kappa shape index (κ1) is 13.5. The van der Waals surface area contributed by atoms with Gasteiger partial charge in [-0.3, -0.25) is 4.99 Å². The second-order valence-corrected chi connectivity index (χ2v) is 4.00. The van der Waals surface area contributed by atoms with E-state index in [0.717, 1.165) is 17.7 Å². The Morgan fingerprint density at radius 1 is 1.06 bits per heavy atom. The third-order valence-electron chi connectivity index (χ3n) is 2.15. The standard InChI is InChI=1S/C13H14F3N/c1-9(2)8-17-10(3)11-4-6-12(7-5-11)13(14,15)16/h4-8H,1-3H3/b17-10+. The van der Waals surface area contributed by atoms with Crippen LogP contribution in [0.25, 0.3) is 0 Å². The lowest BCUT2D eigenvalue weighted by atomic mass is 10.1. The summed E-state index contributed by atoms with van der Waals surface area (Å²) >= 11 is 0. The first-order valence-electron chi connectivity index (χ1n) is 5.16. The summed E-state index contributed by atoms with van der Waals surface area (Å²) in [5, 5.41) is 0. The van der Waals surface area contributed by atoms with Crippen LogP contribution in [-0.4, -0.2) is 5.71 Å². The number of hydrogen-bond donors (Lipinski definition) is 0. The van der Waals surface area contributed by atoms with Gasteiger partial charge in [-0.1, -0.05) is 17.7 Å². The quantitative estimate of drug-likeness (QED) is 0.679. The van der Waals surface area contributed by atoms with Gasteiger partial charge in [0.25, 0.3) is 0 Å². The van der Waals surface area contributed by atoms with Gasteiger partial charge in [0.05, 0.1) is 5.56 Å². The van der Waals surface area contributed by atoms with Gasteiger partial charge in [-0.05, 0) is 38.5 Å². The second-order valence-electron chi connectivity index (χ2n) is 4.00. The van der Waals surface area contributed by atoms with Crippen molar-refractivity contribution in [3.63, 3.8) is 0 Å². The third kappa shape index (κ3) is 4.06. The zero-order valence-corrected chi connectivity index (χ0v) is 9.97. The Balaban J connectivity index is 2.96. The Labute approximate surface area is 98.7 Å². The summed E-state index contributed by atoms with van der Waals surface area (Å²) in [6.07, 6.45) is -2.60. The van der Waals surface area contributed by atoms with Gasteiger partial charge in [-0.2, -0.15) is 13.2 Å². The summed E-state index contributed by atoms with van der Waals surface area (Å²) < 4.78 is 37.0. The number of allylic oxidation sites excluding steroid dienone is 1. The minimum atomic E-state index is -4.29. The molecule has 0 bridgehead atoms. The summed E-state index contributed by atoms with van der Waals surface area (Å²) in [7, 11) is 0. The molecular weight excluding hydrogens is 227 g/mol. The highest BCUT2D eigenvalue weighted by atomic mass is 19.4. The van der Waals surface area contributed by atoms with Gasteiger partial charge in [-0.25, -0.2) is 0 Å². The van der Waals surface area contributed by atoms with Gasteiger partial charge < -0.3 is 0 Å². The molecule has 0 aliphatic heterocycles. The van der Waals surface area contributed by atoms with Crippen LogP contribution in [0.2, 0.25) is 0 Å². The zero-order chi connectivity index (χ0) is 13.1. The van der Waals surface area contributed by atoms with Gasteiger partial charge in [0.15, 0.2) is 0 Å². The van der Waals surface area contributed by atoms with Crippen molar-refractivity contribution in [2.75, 3.05) is 0 Å². The van der Waals surface area contributed by atoms with E-state index in [1.807, 2.05) is 13.8 Å². The van der Waals surface area contributed by atoms with Crippen molar-refractivity contribution in [1.29, 1.82) is 0 Å². The number of halogens is 3. The number of alkyl halides is 3. The van der Waals surface area contributed by atoms with Crippen molar-refractivity contribution in [2.45, 2.75) is 26.9 Å². The van der Waals surface area contributed by atoms with Crippen molar-refractivity contribution in [1.82, 2.24) is 0 Å². The first-order chi connectivity index (χ1) is 7.80. The van der Waals surface area contributed by atoms with Crippen LogP contribution in [0.15, 0.2) is 41.0 Å². The van der Waals surface area contributed by atoms with Crippen LogP contribution in [0, 0.1) is 0 Å². The van der Waals surface area contributed by atoms with E-state index in [9.17, 15) is 13.2 Å². The lowest BCUT2D eigenvalue weighted by Crippen LogP contribution is -2.05. The topological polar surface area (TPSA) is 12.4 Å². The molecule has 1 aromatic carbocycles. The third-order valence-corrected chi connectivity index (χ3v) is 2.15. The summed E-state index contributed by atoms with van der Waals surface area (Å²) in [4.78, 5) is 4.16. The molecular formula is C13H14F3N. The van der Waals surface area contributed by atoms with Crippen LogP contribution in [0.4, 0.5) is 13.2 Å². The van der Waals surface area contributed by atoms with E-state index in [0.29, 0.717) is 11.3 Å². The molecule has 0 radical (unpaired) electrons.